The number of hydrogen-bond acceptors (Lipinski definition) is 6. The standard InChI is InChI=1S/C23H28N4O5/c1-16-4-3-5-17(12-16)13-19-14-18(15-20(26-19)22(29)24-2)21(28)25-6-9-32-23(30)27-7-10-31-11-8-27/h3-5,12,14-15H,6-11,13H2,1-2H3,(H,24,29)(H,25,28). The Hall–Kier alpha value is -3.46. The molecule has 0 bridgehead atoms. The molecule has 9 heteroatoms. The van der Waals surface area contributed by atoms with Gasteiger partial charge in [0.2, 0.25) is 0 Å². The van der Waals surface area contributed by atoms with E-state index in [2.05, 4.69) is 15.6 Å². The summed E-state index contributed by atoms with van der Waals surface area (Å²) in [5.41, 5.74) is 3.25. The lowest BCUT2D eigenvalue weighted by Crippen LogP contribution is -2.41. The van der Waals surface area contributed by atoms with Crippen molar-refractivity contribution in [2.45, 2.75) is 13.3 Å². The number of amides is 3. The highest BCUT2D eigenvalue weighted by atomic mass is 16.6. The first kappa shape index (κ1) is 23.2. The van der Waals surface area contributed by atoms with E-state index in [0.29, 0.717) is 44.0 Å². The van der Waals surface area contributed by atoms with Crippen molar-refractivity contribution in [3.8, 4) is 0 Å². The van der Waals surface area contributed by atoms with Crippen LogP contribution in [-0.2, 0) is 15.9 Å². The van der Waals surface area contributed by atoms with Gasteiger partial charge in [0.15, 0.2) is 0 Å². The molecular weight excluding hydrogens is 412 g/mol. The van der Waals surface area contributed by atoms with Crippen molar-refractivity contribution in [3.63, 3.8) is 0 Å². The number of ether oxygens (including phenoxy) is 2. The van der Waals surface area contributed by atoms with Crippen LogP contribution in [0, 0.1) is 6.92 Å². The van der Waals surface area contributed by atoms with Crippen LogP contribution in [0.4, 0.5) is 4.79 Å². The number of carbonyl (C=O) groups excluding carboxylic acids is 3. The van der Waals surface area contributed by atoms with Gasteiger partial charge in [0.05, 0.1) is 19.8 Å². The Morgan fingerprint density at radius 2 is 1.91 bits per heavy atom. The lowest BCUT2D eigenvalue weighted by molar-refractivity contribution is 0.0274. The molecule has 0 spiro atoms. The quantitative estimate of drug-likeness (QED) is 0.632. The van der Waals surface area contributed by atoms with Crippen molar-refractivity contribution in [1.29, 1.82) is 0 Å². The molecule has 0 aliphatic carbocycles. The van der Waals surface area contributed by atoms with Gasteiger partial charge in [0.1, 0.15) is 12.3 Å². The second-order valence-electron chi connectivity index (χ2n) is 7.45. The number of aryl methyl sites for hydroxylation is 1. The lowest BCUT2D eigenvalue weighted by Gasteiger charge is -2.25. The van der Waals surface area contributed by atoms with Crippen LogP contribution in [0.2, 0.25) is 0 Å². The highest BCUT2D eigenvalue weighted by Crippen LogP contribution is 2.13. The van der Waals surface area contributed by atoms with Crippen LogP contribution in [0.1, 0.15) is 37.7 Å². The second-order valence-corrected chi connectivity index (χ2v) is 7.45. The van der Waals surface area contributed by atoms with Gasteiger partial charge in [0.25, 0.3) is 11.8 Å². The largest absolute Gasteiger partial charge is 0.448 e. The average Bonchev–Trinajstić information content (AvgIpc) is 2.81. The molecule has 0 unspecified atom stereocenters. The number of aromatic nitrogens is 1. The molecular formula is C23H28N4O5. The van der Waals surface area contributed by atoms with E-state index in [1.165, 1.54) is 13.1 Å². The predicted molar refractivity (Wildman–Crippen MR) is 118 cm³/mol. The van der Waals surface area contributed by atoms with Gasteiger partial charge < -0.3 is 25.0 Å². The molecule has 0 radical (unpaired) electrons. The zero-order chi connectivity index (χ0) is 22.9. The number of rotatable bonds is 7. The summed E-state index contributed by atoms with van der Waals surface area (Å²) in [5, 5.41) is 5.26. The molecule has 3 amide bonds. The fourth-order valence-corrected chi connectivity index (χ4v) is 3.33. The second kappa shape index (κ2) is 11.2. The fourth-order valence-electron chi connectivity index (χ4n) is 3.33. The summed E-state index contributed by atoms with van der Waals surface area (Å²) in [5.74, 6) is -0.741. The van der Waals surface area contributed by atoms with Crippen LogP contribution in [0.25, 0.3) is 0 Å². The molecule has 1 fully saturated rings. The molecule has 0 saturated carbocycles. The van der Waals surface area contributed by atoms with E-state index in [9.17, 15) is 14.4 Å². The molecule has 1 aliphatic rings. The smallest absolute Gasteiger partial charge is 0.409 e. The summed E-state index contributed by atoms with van der Waals surface area (Å²) >= 11 is 0. The van der Waals surface area contributed by atoms with Gasteiger partial charge in [-0.05, 0) is 24.6 Å². The van der Waals surface area contributed by atoms with Crippen LogP contribution in [0.5, 0.6) is 0 Å². The maximum atomic E-state index is 12.7. The number of benzene rings is 1. The fraction of sp³-hybridized carbons (Fsp3) is 0.391. The summed E-state index contributed by atoms with van der Waals surface area (Å²) in [6.45, 7) is 4.18. The van der Waals surface area contributed by atoms with Gasteiger partial charge in [-0.2, -0.15) is 0 Å². The highest BCUT2D eigenvalue weighted by molar-refractivity contribution is 5.98. The minimum atomic E-state index is -0.422. The summed E-state index contributed by atoms with van der Waals surface area (Å²) < 4.78 is 10.4. The van der Waals surface area contributed by atoms with E-state index in [0.717, 1.165) is 11.1 Å². The maximum absolute atomic E-state index is 12.7. The highest BCUT2D eigenvalue weighted by Gasteiger charge is 2.18. The minimum Gasteiger partial charge on any atom is -0.448 e. The first-order valence-electron chi connectivity index (χ1n) is 10.5. The van der Waals surface area contributed by atoms with Crippen LogP contribution < -0.4 is 10.6 Å². The molecule has 1 saturated heterocycles. The van der Waals surface area contributed by atoms with Crippen molar-refractivity contribution >= 4 is 17.9 Å². The summed E-state index contributed by atoms with van der Waals surface area (Å²) in [6, 6.07) is 11.1. The number of nitrogens with zero attached hydrogens (tertiary/aromatic N) is 2. The summed E-state index contributed by atoms with van der Waals surface area (Å²) in [7, 11) is 1.51. The van der Waals surface area contributed by atoms with Crippen molar-refractivity contribution in [3.05, 3.63) is 64.5 Å². The number of carbonyl (C=O) groups is 3. The van der Waals surface area contributed by atoms with E-state index >= 15 is 0 Å². The monoisotopic (exact) mass is 440 g/mol. The minimum absolute atomic E-state index is 0.0471. The topological polar surface area (TPSA) is 110 Å². The first-order chi connectivity index (χ1) is 15.5. The Balaban J connectivity index is 1.62. The zero-order valence-corrected chi connectivity index (χ0v) is 18.3. The molecule has 3 rings (SSSR count). The van der Waals surface area contributed by atoms with Crippen molar-refractivity contribution in [2.24, 2.45) is 0 Å². The van der Waals surface area contributed by atoms with E-state index in [1.54, 1.807) is 11.0 Å². The third-order valence-electron chi connectivity index (χ3n) is 4.95. The molecule has 2 aromatic rings. The van der Waals surface area contributed by atoms with E-state index in [-0.39, 0.29) is 30.7 Å². The van der Waals surface area contributed by atoms with Crippen LogP contribution in [-0.4, -0.2) is 74.3 Å². The van der Waals surface area contributed by atoms with Crippen molar-refractivity contribution < 1.29 is 23.9 Å². The molecule has 2 N–H and O–H groups in total. The number of morpholine rings is 1. The molecule has 2 heterocycles. The van der Waals surface area contributed by atoms with E-state index < -0.39 is 6.09 Å². The normalized spacial score (nSPS) is 13.4. The predicted octanol–water partition coefficient (Wildman–Crippen LogP) is 1.54. The van der Waals surface area contributed by atoms with Gasteiger partial charge in [-0.15, -0.1) is 0 Å². The average molecular weight is 441 g/mol. The van der Waals surface area contributed by atoms with Gasteiger partial charge in [-0.25, -0.2) is 9.78 Å². The molecule has 1 aromatic carbocycles. The maximum Gasteiger partial charge on any atom is 0.409 e. The van der Waals surface area contributed by atoms with Gasteiger partial charge in [-0.1, -0.05) is 29.8 Å². The van der Waals surface area contributed by atoms with Crippen molar-refractivity contribution in [1.82, 2.24) is 20.5 Å². The Labute approximate surface area is 187 Å². The Kier molecular flexibility index (Phi) is 8.15. The van der Waals surface area contributed by atoms with Crippen LogP contribution in [0.3, 0.4) is 0 Å². The SMILES string of the molecule is CNC(=O)c1cc(C(=O)NCCOC(=O)N2CCOCC2)cc(Cc2cccc(C)c2)n1. The third kappa shape index (κ3) is 6.52. The molecule has 1 aromatic heterocycles. The zero-order valence-electron chi connectivity index (χ0n) is 18.3. The number of nitrogens with one attached hydrogen (secondary N) is 2. The van der Waals surface area contributed by atoms with E-state index in [1.807, 2.05) is 31.2 Å². The summed E-state index contributed by atoms with van der Waals surface area (Å²) in [6.07, 6.45) is 0.0676. The summed E-state index contributed by atoms with van der Waals surface area (Å²) in [4.78, 5) is 42.8. The molecule has 32 heavy (non-hydrogen) atoms. The van der Waals surface area contributed by atoms with Gasteiger partial charge >= 0.3 is 6.09 Å². The third-order valence-corrected chi connectivity index (χ3v) is 4.95. The molecule has 170 valence electrons. The van der Waals surface area contributed by atoms with Crippen LogP contribution >= 0.6 is 0 Å². The van der Waals surface area contributed by atoms with E-state index in [4.69, 9.17) is 9.47 Å². The van der Waals surface area contributed by atoms with Crippen molar-refractivity contribution in [2.75, 3.05) is 46.5 Å². The molecule has 0 atom stereocenters. The Bertz CT molecular complexity index is 973. The number of hydrogen-bond donors (Lipinski definition) is 2. The molecule has 1 aliphatic heterocycles. The Morgan fingerprint density at radius 1 is 1.12 bits per heavy atom. The van der Waals surface area contributed by atoms with Gasteiger partial charge in [0, 0.05) is 37.8 Å². The van der Waals surface area contributed by atoms with Crippen LogP contribution in [0.15, 0.2) is 36.4 Å². The lowest BCUT2D eigenvalue weighted by atomic mass is 10.0. The molecule has 9 nitrogen and oxygen atoms in total. The Morgan fingerprint density at radius 3 is 2.62 bits per heavy atom. The van der Waals surface area contributed by atoms with Gasteiger partial charge in [-0.3, -0.25) is 9.59 Å². The number of pyridine rings is 1. The first-order valence-corrected chi connectivity index (χ1v) is 10.5.